The highest BCUT2D eigenvalue weighted by atomic mass is 15.3. The molecule has 3 rings (SSSR count). The molecule has 1 saturated heterocycles. The van der Waals surface area contributed by atoms with Crippen molar-refractivity contribution >= 4 is 11.6 Å². The number of guanidine groups is 1. The van der Waals surface area contributed by atoms with Crippen LogP contribution in [0.5, 0.6) is 0 Å². The van der Waals surface area contributed by atoms with Crippen LogP contribution in [0.3, 0.4) is 0 Å². The Labute approximate surface area is 155 Å². The van der Waals surface area contributed by atoms with Gasteiger partial charge in [-0.1, -0.05) is 13.0 Å². The summed E-state index contributed by atoms with van der Waals surface area (Å²) in [6.07, 6.45) is 7.10. The molecule has 0 radical (unpaired) electrons. The monoisotopic (exact) mass is 357 g/mol. The standard InChI is InChI=1S/C19H31N7/c1-16-8-7-12-25(15-16)11-6-4-10-21-19(20-2)22-14-18-24-23-17-9-3-5-13-26(17)18/h3,5,9,13,16H,4,6-8,10-12,14-15H2,1-2H3,(H2,20,21,22). The van der Waals surface area contributed by atoms with Gasteiger partial charge < -0.3 is 15.5 Å². The molecule has 1 unspecified atom stereocenters. The summed E-state index contributed by atoms with van der Waals surface area (Å²) in [5.74, 6) is 2.55. The second-order valence-corrected chi connectivity index (χ2v) is 7.15. The minimum atomic E-state index is 0.594. The average molecular weight is 358 g/mol. The van der Waals surface area contributed by atoms with Crippen molar-refractivity contribution in [3.8, 4) is 0 Å². The Kier molecular flexibility index (Phi) is 6.82. The van der Waals surface area contributed by atoms with E-state index < -0.39 is 0 Å². The molecular weight excluding hydrogens is 326 g/mol. The van der Waals surface area contributed by atoms with Crippen molar-refractivity contribution < 1.29 is 0 Å². The Bertz CT molecular complexity index is 709. The van der Waals surface area contributed by atoms with Crippen LogP contribution in [0.25, 0.3) is 5.65 Å². The van der Waals surface area contributed by atoms with Crippen LogP contribution >= 0.6 is 0 Å². The van der Waals surface area contributed by atoms with Crippen molar-refractivity contribution in [2.45, 2.75) is 39.2 Å². The second kappa shape index (κ2) is 9.52. The first-order valence-electron chi connectivity index (χ1n) is 9.72. The highest BCUT2D eigenvalue weighted by Gasteiger charge is 2.15. The number of rotatable bonds is 7. The summed E-state index contributed by atoms with van der Waals surface area (Å²) >= 11 is 0. The van der Waals surface area contributed by atoms with E-state index in [0.717, 1.165) is 36.3 Å². The van der Waals surface area contributed by atoms with Gasteiger partial charge in [-0.15, -0.1) is 10.2 Å². The van der Waals surface area contributed by atoms with Gasteiger partial charge in [0.15, 0.2) is 17.4 Å². The van der Waals surface area contributed by atoms with E-state index in [0.29, 0.717) is 6.54 Å². The third-order valence-electron chi connectivity index (χ3n) is 4.96. The molecule has 0 aromatic carbocycles. The maximum Gasteiger partial charge on any atom is 0.191 e. The molecular formula is C19H31N7. The van der Waals surface area contributed by atoms with Gasteiger partial charge in [-0.3, -0.25) is 9.39 Å². The van der Waals surface area contributed by atoms with Crippen molar-refractivity contribution in [2.24, 2.45) is 10.9 Å². The Balaban J connectivity index is 1.34. The van der Waals surface area contributed by atoms with Crippen molar-refractivity contribution in [2.75, 3.05) is 33.2 Å². The van der Waals surface area contributed by atoms with Gasteiger partial charge >= 0.3 is 0 Å². The number of aromatic nitrogens is 3. The smallest absolute Gasteiger partial charge is 0.191 e. The normalized spacial score (nSPS) is 19.0. The molecule has 0 saturated carbocycles. The van der Waals surface area contributed by atoms with Crippen LogP contribution in [-0.4, -0.2) is 58.7 Å². The topological polar surface area (TPSA) is 69.8 Å². The van der Waals surface area contributed by atoms with Crippen LogP contribution in [-0.2, 0) is 6.54 Å². The maximum atomic E-state index is 4.29. The number of hydrogen-bond acceptors (Lipinski definition) is 4. The SMILES string of the molecule is CN=C(NCCCCN1CCCC(C)C1)NCc1nnc2ccccn12. The highest BCUT2D eigenvalue weighted by Crippen LogP contribution is 2.15. The van der Waals surface area contributed by atoms with Gasteiger partial charge in [-0.25, -0.2) is 0 Å². The molecule has 1 atom stereocenters. The number of piperidine rings is 1. The Morgan fingerprint density at radius 2 is 2.19 bits per heavy atom. The summed E-state index contributed by atoms with van der Waals surface area (Å²) in [5.41, 5.74) is 0.860. The lowest BCUT2D eigenvalue weighted by atomic mass is 10.0. The van der Waals surface area contributed by atoms with Gasteiger partial charge in [0.2, 0.25) is 0 Å². The van der Waals surface area contributed by atoms with E-state index in [9.17, 15) is 0 Å². The average Bonchev–Trinajstić information content (AvgIpc) is 3.07. The largest absolute Gasteiger partial charge is 0.356 e. The molecule has 0 aliphatic carbocycles. The number of fused-ring (bicyclic) bond motifs is 1. The summed E-state index contributed by atoms with van der Waals surface area (Å²) in [4.78, 5) is 6.90. The number of likely N-dealkylation sites (tertiary alicyclic amines) is 1. The molecule has 1 fully saturated rings. The van der Waals surface area contributed by atoms with Gasteiger partial charge in [0.1, 0.15) is 0 Å². The van der Waals surface area contributed by atoms with E-state index in [2.05, 4.69) is 37.6 Å². The quantitative estimate of drug-likeness (QED) is 0.450. The molecule has 2 N–H and O–H groups in total. The Hall–Kier alpha value is -2.15. The van der Waals surface area contributed by atoms with Gasteiger partial charge in [-0.05, 0) is 56.8 Å². The Morgan fingerprint density at radius 1 is 1.27 bits per heavy atom. The van der Waals surface area contributed by atoms with Crippen molar-refractivity contribution in [3.05, 3.63) is 30.2 Å². The van der Waals surface area contributed by atoms with Crippen molar-refractivity contribution in [1.29, 1.82) is 0 Å². The highest BCUT2D eigenvalue weighted by molar-refractivity contribution is 5.79. The van der Waals surface area contributed by atoms with E-state index in [1.807, 2.05) is 28.8 Å². The summed E-state index contributed by atoms with van der Waals surface area (Å²) in [7, 11) is 1.80. The molecule has 2 aromatic heterocycles. The number of pyridine rings is 1. The van der Waals surface area contributed by atoms with E-state index in [4.69, 9.17) is 0 Å². The van der Waals surface area contributed by atoms with Crippen LogP contribution in [0.2, 0.25) is 0 Å². The number of unbranched alkanes of at least 4 members (excludes halogenated alkanes) is 1. The lowest BCUT2D eigenvalue weighted by Gasteiger charge is -2.30. The van der Waals surface area contributed by atoms with E-state index in [1.54, 1.807) is 7.05 Å². The Morgan fingerprint density at radius 3 is 3.04 bits per heavy atom. The minimum absolute atomic E-state index is 0.594. The zero-order chi connectivity index (χ0) is 18.2. The minimum Gasteiger partial charge on any atom is -0.356 e. The molecule has 7 nitrogen and oxygen atoms in total. The molecule has 26 heavy (non-hydrogen) atoms. The molecule has 2 aromatic rings. The molecule has 0 spiro atoms. The number of aliphatic imine (C=N–C) groups is 1. The van der Waals surface area contributed by atoms with Gasteiger partial charge in [0, 0.05) is 26.3 Å². The summed E-state index contributed by atoms with van der Waals surface area (Å²) < 4.78 is 1.99. The van der Waals surface area contributed by atoms with E-state index in [1.165, 1.54) is 38.9 Å². The van der Waals surface area contributed by atoms with Crippen LogP contribution in [0.1, 0.15) is 38.4 Å². The molecule has 3 heterocycles. The van der Waals surface area contributed by atoms with Crippen molar-refractivity contribution in [1.82, 2.24) is 30.1 Å². The number of nitrogens with one attached hydrogen (secondary N) is 2. The summed E-state index contributed by atoms with van der Waals surface area (Å²) in [6, 6.07) is 5.90. The lowest BCUT2D eigenvalue weighted by molar-refractivity contribution is 0.181. The first-order chi connectivity index (χ1) is 12.8. The van der Waals surface area contributed by atoms with Crippen LogP contribution < -0.4 is 10.6 Å². The van der Waals surface area contributed by atoms with Gasteiger partial charge in [0.05, 0.1) is 6.54 Å². The summed E-state index contributed by atoms with van der Waals surface area (Å²) in [6.45, 7) is 7.64. The van der Waals surface area contributed by atoms with E-state index in [-0.39, 0.29) is 0 Å². The van der Waals surface area contributed by atoms with E-state index >= 15 is 0 Å². The molecule has 142 valence electrons. The molecule has 7 heteroatoms. The van der Waals surface area contributed by atoms with Gasteiger partial charge in [0.25, 0.3) is 0 Å². The molecule has 0 bridgehead atoms. The molecule has 1 aliphatic heterocycles. The fraction of sp³-hybridized carbons (Fsp3) is 0.632. The third kappa shape index (κ3) is 5.17. The van der Waals surface area contributed by atoms with Crippen LogP contribution in [0, 0.1) is 5.92 Å². The number of nitrogens with zero attached hydrogens (tertiary/aromatic N) is 5. The zero-order valence-corrected chi connectivity index (χ0v) is 16.0. The van der Waals surface area contributed by atoms with Crippen LogP contribution in [0.15, 0.2) is 29.4 Å². The zero-order valence-electron chi connectivity index (χ0n) is 16.0. The summed E-state index contributed by atoms with van der Waals surface area (Å²) in [5, 5.41) is 15.1. The predicted molar refractivity (Wildman–Crippen MR) is 105 cm³/mol. The maximum absolute atomic E-state index is 4.29. The number of hydrogen-bond donors (Lipinski definition) is 2. The molecule has 1 aliphatic rings. The lowest BCUT2D eigenvalue weighted by Crippen LogP contribution is -2.38. The van der Waals surface area contributed by atoms with Crippen LogP contribution in [0.4, 0.5) is 0 Å². The molecule has 0 amide bonds. The fourth-order valence-corrected chi connectivity index (χ4v) is 3.55. The second-order valence-electron chi connectivity index (χ2n) is 7.15. The third-order valence-corrected chi connectivity index (χ3v) is 4.96. The fourth-order valence-electron chi connectivity index (χ4n) is 3.55. The predicted octanol–water partition coefficient (Wildman–Crippen LogP) is 1.91. The first kappa shape index (κ1) is 18.6. The van der Waals surface area contributed by atoms with Crippen molar-refractivity contribution in [3.63, 3.8) is 0 Å². The van der Waals surface area contributed by atoms with Gasteiger partial charge in [-0.2, -0.15) is 0 Å². The first-order valence-corrected chi connectivity index (χ1v) is 9.72.